The van der Waals surface area contributed by atoms with Crippen molar-refractivity contribution in [1.82, 2.24) is 9.97 Å². The summed E-state index contributed by atoms with van der Waals surface area (Å²) in [5.74, 6) is 0.665. The molecule has 0 aliphatic heterocycles. The lowest BCUT2D eigenvalue weighted by Gasteiger charge is -2.14. The van der Waals surface area contributed by atoms with Crippen molar-refractivity contribution in [3.8, 4) is 17.6 Å². The summed E-state index contributed by atoms with van der Waals surface area (Å²) in [5, 5.41) is 2.69. The van der Waals surface area contributed by atoms with E-state index < -0.39 is 10.0 Å². The third kappa shape index (κ3) is 6.35. The Balaban J connectivity index is 1.64. The van der Waals surface area contributed by atoms with Gasteiger partial charge in [0.2, 0.25) is 5.88 Å². The third-order valence-electron chi connectivity index (χ3n) is 4.66. The monoisotopic (exact) mass is 486 g/mol. The second kappa shape index (κ2) is 10.8. The zero-order chi connectivity index (χ0) is 24.7. The molecule has 0 radical (unpaired) electrons. The Morgan fingerprint density at radius 2 is 1.71 bits per heavy atom. The molecule has 1 amide bonds. The maximum Gasteiger partial charge on any atom is 0.321 e. The number of carbonyl (C=O) groups is 1. The Labute approximate surface area is 198 Å². The normalized spacial score (nSPS) is 11.1. The lowest BCUT2D eigenvalue weighted by Crippen LogP contribution is -2.20. The summed E-state index contributed by atoms with van der Waals surface area (Å²) >= 11 is 0. The first-order chi connectivity index (χ1) is 16.2. The molecule has 0 saturated heterocycles. The van der Waals surface area contributed by atoms with Crippen LogP contribution in [-0.2, 0) is 14.8 Å². The summed E-state index contributed by atoms with van der Waals surface area (Å²) in [6, 6.07) is 14.5. The van der Waals surface area contributed by atoms with Crippen LogP contribution in [0.3, 0.4) is 0 Å². The average Bonchev–Trinajstić information content (AvgIpc) is 2.82. The summed E-state index contributed by atoms with van der Waals surface area (Å²) in [4.78, 5) is 20.2. The molecule has 0 unspecified atom stereocenters. The second-order valence-corrected chi connectivity index (χ2v) is 9.12. The van der Waals surface area contributed by atoms with Gasteiger partial charge in [-0.15, -0.1) is 0 Å². The molecule has 0 fully saturated rings. The van der Waals surface area contributed by atoms with Crippen LogP contribution in [-0.4, -0.2) is 45.1 Å². The van der Waals surface area contributed by atoms with Crippen LogP contribution < -0.4 is 24.2 Å². The van der Waals surface area contributed by atoms with E-state index in [1.807, 2.05) is 38.1 Å². The number of hydrogen-bond acceptors (Lipinski definition) is 8. The molecule has 34 heavy (non-hydrogen) atoms. The zero-order valence-electron chi connectivity index (χ0n) is 19.2. The Bertz CT molecular complexity index is 1220. The van der Waals surface area contributed by atoms with Gasteiger partial charge in [-0.1, -0.05) is 32.0 Å². The van der Waals surface area contributed by atoms with Gasteiger partial charge in [0.15, 0.2) is 12.4 Å². The molecule has 2 N–H and O–H groups in total. The Morgan fingerprint density at radius 1 is 1.00 bits per heavy atom. The number of aromatic nitrogens is 2. The smallest absolute Gasteiger partial charge is 0.321 e. The minimum absolute atomic E-state index is 0.0140. The Hall–Kier alpha value is -3.86. The molecular weight excluding hydrogens is 460 g/mol. The zero-order valence-corrected chi connectivity index (χ0v) is 20.0. The second-order valence-electron chi connectivity index (χ2n) is 7.44. The average molecular weight is 487 g/mol. The maximum absolute atomic E-state index is 12.7. The number of nitrogens with zero attached hydrogens (tertiary/aromatic N) is 2. The van der Waals surface area contributed by atoms with Crippen molar-refractivity contribution in [1.29, 1.82) is 0 Å². The van der Waals surface area contributed by atoms with Gasteiger partial charge < -0.3 is 19.5 Å². The lowest BCUT2D eigenvalue weighted by molar-refractivity contribution is -0.118. The molecule has 11 heteroatoms. The quantitative estimate of drug-likeness (QED) is 0.446. The number of methoxy groups -OCH3 is 2. The molecule has 0 aliphatic rings. The van der Waals surface area contributed by atoms with E-state index in [-0.39, 0.29) is 41.0 Å². The lowest BCUT2D eigenvalue weighted by atomic mass is 10.0. The predicted octanol–water partition coefficient (Wildman–Crippen LogP) is 3.44. The maximum atomic E-state index is 12.7. The van der Waals surface area contributed by atoms with E-state index >= 15 is 0 Å². The van der Waals surface area contributed by atoms with Gasteiger partial charge in [0.25, 0.3) is 15.9 Å². The van der Waals surface area contributed by atoms with Crippen molar-refractivity contribution < 1.29 is 27.4 Å². The van der Waals surface area contributed by atoms with Crippen molar-refractivity contribution in [2.24, 2.45) is 0 Å². The van der Waals surface area contributed by atoms with Crippen molar-refractivity contribution in [2.75, 3.05) is 30.9 Å². The highest BCUT2D eigenvalue weighted by Crippen LogP contribution is 2.26. The highest BCUT2D eigenvalue weighted by molar-refractivity contribution is 7.92. The topological polar surface area (TPSA) is 129 Å². The molecule has 0 spiro atoms. The molecule has 0 bridgehead atoms. The van der Waals surface area contributed by atoms with Gasteiger partial charge in [-0.3, -0.25) is 9.52 Å². The van der Waals surface area contributed by atoms with Gasteiger partial charge in [-0.25, -0.2) is 8.42 Å². The number of rotatable bonds is 10. The van der Waals surface area contributed by atoms with E-state index in [2.05, 4.69) is 20.0 Å². The molecule has 1 heterocycles. The van der Waals surface area contributed by atoms with Crippen LogP contribution in [0.1, 0.15) is 25.3 Å². The molecule has 0 atom stereocenters. The van der Waals surface area contributed by atoms with E-state index in [9.17, 15) is 13.2 Å². The van der Waals surface area contributed by atoms with Crippen LogP contribution in [0.15, 0.2) is 59.5 Å². The third-order valence-corrected chi connectivity index (χ3v) is 6.03. The Morgan fingerprint density at radius 3 is 2.35 bits per heavy atom. The Kier molecular flexibility index (Phi) is 7.90. The number of anilines is 2. The minimum Gasteiger partial charge on any atom is -0.483 e. The van der Waals surface area contributed by atoms with Gasteiger partial charge in [0, 0.05) is 11.8 Å². The standard InChI is InChI=1S/C23H26N4O6S/c1-15(2)18-7-5-6-8-19(18)33-14-21(28)24-16-9-11-17(12-10-16)34(29,30)27-20-13-22(31-3)26-23(25-20)32-4/h5-13,15H,14H2,1-4H3,(H,24,28)(H,25,26,27). The highest BCUT2D eigenvalue weighted by Gasteiger charge is 2.17. The van der Waals surface area contributed by atoms with Crippen LogP contribution in [0.5, 0.6) is 17.6 Å². The molecule has 10 nitrogen and oxygen atoms in total. The first kappa shape index (κ1) is 24.8. The van der Waals surface area contributed by atoms with Gasteiger partial charge in [-0.05, 0) is 41.8 Å². The number of hydrogen-bond donors (Lipinski definition) is 2. The van der Waals surface area contributed by atoms with E-state index in [4.69, 9.17) is 14.2 Å². The van der Waals surface area contributed by atoms with Gasteiger partial charge in [0.1, 0.15) is 5.75 Å². The summed E-state index contributed by atoms with van der Waals surface area (Å²) < 4.78 is 43.4. The molecule has 180 valence electrons. The van der Waals surface area contributed by atoms with Crippen molar-refractivity contribution >= 4 is 27.4 Å². The van der Waals surface area contributed by atoms with Crippen molar-refractivity contribution in [3.63, 3.8) is 0 Å². The molecule has 3 aromatic rings. The fraction of sp³-hybridized carbons (Fsp3) is 0.261. The van der Waals surface area contributed by atoms with E-state index in [1.165, 1.54) is 44.6 Å². The molecule has 0 saturated carbocycles. The predicted molar refractivity (Wildman–Crippen MR) is 127 cm³/mol. The van der Waals surface area contributed by atoms with Crippen LogP contribution in [0.4, 0.5) is 11.5 Å². The number of sulfonamides is 1. The van der Waals surface area contributed by atoms with Crippen LogP contribution >= 0.6 is 0 Å². The number of carbonyl (C=O) groups excluding carboxylic acids is 1. The fourth-order valence-electron chi connectivity index (χ4n) is 3.00. The van der Waals surface area contributed by atoms with E-state index in [0.29, 0.717) is 11.4 Å². The van der Waals surface area contributed by atoms with Crippen molar-refractivity contribution in [2.45, 2.75) is 24.7 Å². The van der Waals surface area contributed by atoms with E-state index in [0.717, 1.165) is 5.56 Å². The minimum atomic E-state index is -3.96. The number of nitrogens with one attached hydrogen (secondary N) is 2. The summed E-state index contributed by atoms with van der Waals surface area (Å²) in [5.41, 5.74) is 1.44. The number of ether oxygens (including phenoxy) is 3. The number of benzene rings is 2. The number of amides is 1. The summed E-state index contributed by atoms with van der Waals surface area (Å²) in [6.45, 7) is 3.91. The molecule has 2 aromatic carbocycles. The largest absolute Gasteiger partial charge is 0.483 e. The van der Waals surface area contributed by atoms with Gasteiger partial charge >= 0.3 is 6.01 Å². The highest BCUT2D eigenvalue weighted by atomic mass is 32.2. The fourth-order valence-corrected chi connectivity index (χ4v) is 3.99. The van der Waals surface area contributed by atoms with Crippen molar-refractivity contribution in [3.05, 3.63) is 60.2 Å². The van der Waals surface area contributed by atoms with Gasteiger partial charge in [0.05, 0.1) is 19.1 Å². The summed E-state index contributed by atoms with van der Waals surface area (Å²) in [7, 11) is -1.21. The SMILES string of the molecule is COc1cc(NS(=O)(=O)c2ccc(NC(=O)COc3ccccc3C(C)C)cc2)nc(OC)n1. The first-order valence-electron chi connectivity index (χ1n) is 10.3. The summed E-state index contributed by atoms with van der Waals surface area (Å²) in [6.07, 6.45) is 0. The molecule has 0 aliphatic carbocycles. The van der Waals surface area contributed by atoms with E-state index in [1.54, 1.807) is 0 Å². The molecule has 1 aromatic heterocycles. The van der Waals surface area contributed by atoms with Crippen LogP contribution in [0.2, 0.25) is 0 Å². The van der Waals surface area contributed by atoms with Crippen LogP contribution in [0, 0.1) is 0 Å². The molecule has 3 rings (SSSR count). The van der Waals surface area contributed by atoms with Gasteiger partial charge in [-0.2, -0.15) is 9.97 Å². The number of para-hydroxylation sites is 1. The first-order valence-corrected chi connectivity index (χ1v) is 11.8. The molecular formula is C23H26N4O6S. The van der Waals surface area contributed by atoms with Crippen LogP contribution in [0.25, 0.3) is 0 Å².